The minimum absolute atomic E-state index is 0. The Morgan fingerprint density at radius 3 is 2.59 bits per heavy atom. The Morgan fingerprint density at radius 1 is 1.50 bits per heavy atom. The van der Waals surface area contributed by atoms with Crippen LogP contribution in [0.2, 0.25) is 5.02 Å². The first-order chi connectivity index (χ1) is 9.73. The van der Waals surface area contributed by atoms with E-state index in [2.05, 4.69) is 0 Å². The number of nitro benzene ring substituents is 1. The minimum atomic E-state index is -3.76. The topological polar surface area (TPSA) is 107 Å². The van der Waals surface area contributed by atoms with Crippen molar-refractivity contribution in [1.82, 2.24) is 4.31 Å². The maximum Gasteiger partial charge on any atom is 0.271 e. The van der Waals surface area contributed by atoms with E-state index < -0.39 is 14.9 Å². The van der Waals surface area contributed by atoms with E-state index in [-0.39, 0.29) is 40.0 Å². The van der Waals surface area contributed by atoms with E-state index in [1.54, 1.807) is 0 Å². The highest BCUT2D eigenvalue weighted by Crippen LogP contribution is 2.31. The SMILES string of the molecule is CC(N)C1CCN(S(=O)(=O)c2ccc([N+](=O)[O-])cc2Cl)C1.Cl. The van der Waals surface area contributed by atoms with Crippen molar-refractivity contribution < 1.29 is 13.3 Å². The van der Waals surface area contributed by atoms with Crippen molar-refractivity contribution in [2.24, 2.45) is 11.7 Å². The van der Waals surface area contributed by atoms with Crippen LogP contribution in [-0.4, -0.2) is 36.8 Å². The number of nitrogens with zero attached hydrogens (tertiary/aromatic N) is 2. The highest BCUT2D eigenvalue weighted by atomic mass is 35.5. The number of hydrogen-bond acceptors (Lipinski definition) is 5. The van der Waals surface area contributed by atoms with Crippen LogP contribution in [0.5, 0.6) is 0 Å². The van der Waals surface area contributed by atoms with Gasteiger partial charge in [0.25, 0.3) is 5.69 Å². The smallest absolute Gasteiger partial charge is 0.271 e. The van der Waals surface area contributed by atoms with Gasteiger partial charge in [0.1, 0.15) is 4.90 Å². The summed E-state index contributed by atoms with van der Waals surface area (Å²) in [5.41, 5.74) is 5.56. The zero-order chi connectivity index (χ0) is 15.8. The van der Waals surface area contributed by atoms with Gasteiger partial charge in [0.05, 0.1) is 9.95 Å². The van der Waals surface area contributed by atoms with Crippen LogP contribution in [0.25, 0.3) is 0 Å². The zero-order valence-electron chi connectivity index (χ0n) is 11.8. The summed E-state index contributed by atoms with van der Waals surface area (Å²) in [6.45, 7) is 2.56. The van der Waals surface area contributed by atoms with Crippen molar-refractivity contribution in [2.45, 2.75) is 24.3 Å². The highest BCUT2D eigenvalue weighted by Gasteiger charge is 2.35. The van der Waals surface area contributed by atoms with Crippen LogP contribution in [0.3, 0.4) is 0 Å². The van der Waals surface area contributed by atoms with Crippen LogP contribution in [0.15, 0.2) is 23.1 Å². The molecule has 1 aliphatic rings. The van der Waals surface area contributed by atoms with Gasteiger partial charge in [0.15, 0.2) is 0 Å². The number of nitrogens with two attached hydrogens (primary N) is 1. The number of benzene rings is 1. The summed E-state index contributed by atoms with van der Waals surface area (Å²) in [6, 6.07) is 3.28. The summed E-state index contributed by atoms with van der Waals surface area (Å²) in [5.74, 6) is 0.108. The third-order valence-corrected chi connectivity index (χ3v) is 6.02. The lowest BCUT2D eigenvalue weighted by atomic mass is 10.0. The molecule has 2 rings (SSSR count). The van der Waals surface area contributed by atoms with Crippen molar-refractivity contribution in [3.63, 3.8) is 0 Å². The van der Waals surface area contributed by atoms with Crippen molar-refractivity contribution in [1.29, 1.82) is 0 Å². The fourth-order valence-electron chi connectivity index (χ4n) is 2.35. The summed E-state index contributed by atoms with van der Waals surface area (Å²) in [6.07, 6.45) is 0.696. The van der Waals surface area contributed by atoms with Gasteiger partial charge in [0.2, 0.25) is 10.0 Å². The average Bonchev–Trinajstić information content (AvgIpc) is 2.88. The van der Waals surface area contributed by atoms with Gasteiger partial charge in [0, 0.05) is 31.3 Å². The molecule has 0 aliphatic carbocycles. The predicted octanol–water partition coefficient (Wildman–Crippen LogP) is 2.03. The summed E-state index contributed by atoms with van der Waals surface area (Å²) < 4.78 is 26.4. The van der Waals surface area contributed by atoms with E-state index >= 15 is 0 Å². The third-order valence-electron chi connectivity index (χ3n) is 3.68. The Bertz CT molecular complexity index is 666. The minimum Gasteiger partial charge on any atom is -0.328 e. The first kappa shape index (κ1) is 19.1. The van der Waals surface area contributed by atoms with E-state index in [0.29, 0.717) is 19.5 Å². The summed E-state index contributed by atoms with van der Waals surface area (Å²) in [7, 11) is -3.76. The van der Waals surface area contributed by atoms with Crippen molar-refractivity contribution in [2.75, 3.05) is 13.1 Å². The van der Waals surface area contributed by atoms with Crippen molar-refractivity contribution >= 4 is 39.7 Å². The molecule has 1 aromatic carbocycles. The molecule has 0 amide bonds. The molecule has 10 heteroatoms. The fraction of sp³-hybridized carbons (Fsp3) is 0.500. The van der Waals surface area contributed by atoms with E-state index in [4.69, 9.17) is 17.3 Å². The van der Waals surface area contributed by atoms with Gasteiger partial charge in [-0.3, -0.25) is 10.1 Å². The van der Waals surface area contributed by atoms with Gasteiger partial charge in [-0.25, -0.2) is 8.42 Å². The average molecular weight is 370 g/mol. The molecule has 0 spiro atoms. The molecule has 1 heterocycles. The molecule has 124 valence electrons. The van der Waals surface area contributed by atoms with Crippen molar-refractivity contribution in [3.8, 4) is 0 Å². The van der Waals surface area contributed by atoms with E-state index in [0.717, 1.165) is 12.1 Å². The fourth-order valence-corrected chi connectivity index (χ4v) is 4.38. The largest absolute Gasteiger partial charge is 0.328 e. The quantitative estimate of drug-likeness (QED) is 0.645. The first-order valence-electron chi connectivity index (χ1n) is 6.43. The Morgan fingerprint density at radius 2 is 2.14 bits per heavy atom. The molecular weight excluding hydrogens is 353 g/mol. The van der Waals surface area contributed by atoms with Crippen LogP contribution in [0.1, 0.15) is 13.3 Å². The predicted molar refractivity (Wildman–Crippen MR) is 85.9 cm³/mol. The van der Waals surface area contributed by atoms with E-state index in [1.807, 2.05) is 6.92 Å². The molecular formula is C12H17Cl2N3O4S. The maximum atomic E-state index is 12.5. The van der Waals surface area contributed by atoms with Crippen LogP contribution in [0.4, 0.5) is 5.69 Å². The number of rotatable bonds is 4. The van der Waals surface area contributed by atoms with E-state index in [1.165, 1.54) is 10.4 Å². The number of nitro groups is 1. The Labute approximate surface area is 140 Å². The molecule has 1 aromatic rings. The maximum absolute atomic E-state index is 12.5. The lowest BCUT2D eigenvalue weighted by Crippen LogP contribution is -2.33. The highest BCUT2D eigenvalue weighted by molar-refractivity contribution is 7.89. The van der Waals surface area contributed by atoms with Crippen LogP contribution < -0.4 is 5.73 Å². The lowest BCUT2D eigenvalue weighted by Gasteiger charge is -2.18. The summed E-state index contributed by atoms with van der Waals surface area (Å²) >= 11 is 5.90. The molecule has 1 fully saturated rings. The second-order valence-electron chi connectivity index (χ2n) is 5.14. The second-order valence-corrected chi connectivity index (χ2v) is 7.46. The normalized spacial score (nSPS) is 20.4. The molecule has 22 heavy (non-hydrogen) atoms. The second kappa shape index (κ2) is 7.10. The molecule has 1 aliphatic heterocycles. The standard InChI is InChI=1S/C12H16ClN3O4S.ClH/c1-8(14)9-4-5-15(7-9)21(19,20)12-3-2-10(16(17)18)6-11(12)13;/h2-3,6,8-9H,4-5,7,14H2,1H3;1H. The molecule has 2 atom stereocenters. The van der Waals surface area contributed by atoms with Gasteiger partial charge >= 0.3 is 0 Å². The Balaban J connectivity index is 0.00000242. The summed E-state index contributed by atoms with van der Waals surface area (Å²) in [4.78, 5) is 9.93. The number of non-ortho nitro benzene ring substituents is 1. The zero-order valence-corrected chi connectivity index (χ0v) is 14.2. The number of hydrogen-bond donors (Lipinski definition) is 1. The van der Waals surface area contributed by atoms with Gasteiger partial charge < -0.3 is 5.73 Å². The molecule has 2 unspecified atom stereocenters. The summed E-state index contributed by atoms with van der Waals surface area (Å²) in [5, 5.41) is 10.5. The van der Waals surface area contributed by atoms with Crippen molar-refractivity contribution in [3.05, 3.63) is 33.3 Å². The Hall–Kier alpha value is -0.930. The van der Waals surface area contributed by atoms with Crippen LogP contribution >= 0.6 is 24.0 Å². The van der Waals surface area contributed by atoms with Gasteiger partial charge in [-0.1, -0.05) is 11.6 Å². The van der Waals surface area contributed by atoms with Crippen LogP contribution in [0, 0.1) is 16.0 Å². The third kappa shape index (κ3) is 3.69. The number of halogens is 2. The van der Waals surface area contributed by atoms with Crippen LogP contribution in [-0.2, 0) is 10.0 Å². The molecule has 1 saturated heterocycles. The molecule has 0 bridgehead atoms. The monoisotopic (exact) mass is 369 g/mol. The van der Waals surface area contributed by atoms with Gasteiger partial charge in [-0.2, -0.15) is 4.31 Å². The first-order valence-corrected chi connectivity index (χ1v) is 8.25. The molecule has 2 N–H and O–H groups in total. The molecule has 0 radical (unpaired) electrons. The Kier molecular flexibility index (Phi) is 6.17. The molecule has 0 aromatic heterocycles. The van der Waals surface area contributed by atoms with Gasteiger partial charge in [-0.15, -0.1) is 12.4 Å². The van der Waals surface area contributed by atoms with E-state index in [9.17, 15) is 18.5 Å². The lowest BCUT2D eigenvalue weighted by molar-refractivity contribution is -0.384. The number of sulfonamides is 1. The molecule has 0 saturated carbocycles. The van der Waals surface area contributed by atoms with Gasteiger partial charge in [-0.05, 0) is 25.3 Å². The molecule has 7 nitrogen and oxygen atoms in total.